The fourth-order valence-corrected chi connectivity index (χ4v) is 6.11. The Labute approximate surface area is 191 Å². The number of pyridine rings is 1. The van der Waals surface area contributed by atoms with Crippen LogP contribution < -0.4 is 16.0 Å². The Morgan fingerprint density at radius 3 is 2.16 bits per heavy atom. The van der Waals surface area contributed by atoms with Gasteiger partial charge < -0.3 is 16.0 Å². The number of amides is 1. The van der Waals surface area contributed by atoms with Crippen molar-refractivity contribution < 1.29 is 4.79 Å². The average molecular weight is 433 g/mol. The molecule has 2 aliphatic carbocycles. The van der Waals surface area contributed by atoms with E-state index in [4.69, 9.17) is 0 Å². The van der Waals surface area contributed by atoms with Crippen molar-refractivity contribution in [2.75, 3.05) is 10.6 Å². The summed E-state index contributed by atoms with van der Waals surface area (Å²) < 4.78 is 0. The highest BCUT2D eigenvalue weighted by Crippen LogP contribution is 2.48. The van der Waals surface area contributed by atoms with E-state index in [0.29, 0.717) is 12.0 Å². The summed E-state index contributed by atoms with van der Waals surface area (Å²) in [5, 5.41) is 11.1. The molecule has 1 aromatic carbocycles. The highest BCUT2D eigenvalue weighted by atomic mass is 16.2. The fourth-order valence-electron chi connectivity index (χ4n) is 6.11. The number of carbonyl (C=O) groups excluding carboxylic acids is 1. The first-order valence-electron chi connectivity index (χ1n) is 12.5. The van der Waals surface area contributed by atoms with Crippen LogP contribution >= 0.6 is 0 Å². The van der Waals surface area contributed by atoms with Crippen molar-refractivity contribution in [3.63, 3.8) is 0 Å². The summed E-state index contributed by atoms with van der Waals surface area (Å²) in [4.78, 5) is 18.7. The Morgan fingerprint density at radius 2 is 1.56 bits per heavy atom. The van der Waals surface area contributed by atoms with Crippen molar-refractivity contribution >= 4 is 17.3 Å². The van der Waals surface area contributed by atoms with Crippen molar-refractivity contribution in [1.29, 1.82) is 0 Å². The number of aromatic nitrogens is 1. The highest BCUT2D eigenvalue weighted by Gasteiger charge is 2.52. The Kier molecular flexibility index (Phi) is 6.07. The summed E-state index contributed by atoms with van der Waals surface area (Å²) in [5.74, 6) is 0.321. The van der Waals surface area contributed by atoms with Gasteiger partial charge in [0, 0.05) is 23.5 Å². The van der Waals surface area contributed by atoms with Crippen LogP contribution in [0.25, 0.3) is 0 Å². The van der Waals surface area contributed by atoms with E-state index in [1.807, 2.05) is 13.1 Å². The molecule has 3 aliphatic rings. The van der Waals surface area contributed by atoms with Crippen LogP contribution in [0, 0.1) is 18.8 Å². The minimum absolute atomic E-state index is 0.192. The third-order valence-electron chi connectivity index (χ3n) is 7.78. The summed E-state index contributed by atoms with van der Waals surface area (Å²) in [5.41, 5.74) is 3.44. The third kappa shape index (κ3) is 4.10. The van der Waals surface area contributed by atoms with Gasteiger partial charge in [-0.3, -0.25) is 9.78 Å². The molecule has 1 amide bonds. The number of para-hydroxylation sites is 2. The lowest BCUT2D eigenvalue weighted by Crippen LogP contribution is -2.56. The van der Waals surface area contributed by atoms with Gasteiger partial charge in [-0.25, -0.2) is 0 Å². The molecule has 0 bridgehead atoms. The molecule has 1 unspecified atom stereocenters. The molecule has 5 heteroatoms. The van der Waals surface area contributed by atoms with Gasteiger partial charge in [-0.15, -0.1) is 0 Å². The Bertz CT molecular complexity index is 904. The molecule has 2 saturated carbocycles. The molecular weight excluding hydrogens is 396 g/mol. The molecular formula is C27H36N4O. The number of nitrogens with one attached hydrogen (secondary N) is 3. The second-order valence-corrected chi connectivity index (χ2v) is 10.0. The Morgan fingerprint density at radius 1 is 0.938 bits per heavy atom. The first kappa shape index (κ1) is 21.3. The topological polar surface area (TPSA) is 66.1 Å². The normalized spacial score (nSPS) is 21.8. The third-order valence-corrected chi connectivity index (χ3v) is 7.78. The highest BCUT2D eigenvalue weighted by molar-refractivity contribution is 5.86. The quantitative estimate of drug-likeness (QED) is 0.565. The van der Waals surface area contributed by atoms with Crippen molar-refractivity contribution in [2.45, 2.75) is 82.8 Å². The van der Waals surface area contributed by atoms with E-state index in [1.165, 1.54) is 38.5 Å². The van der Waals surface area contributed by atoms with Gasteiger partial charge in [0.25, 0.3) is 0 Å². The number of fused-ring (bicyclic) bond motifs is 1. The van der Waals surface area contributed by atoms with E-state index in [9.17, 15) is 4.79 Å². The minimum atomic E-state index is -0.689. The smallest absolute Gasteiger partial charge is 0.228 e. The predicted molar refractivity (Wildman–Crippen MR) is 129 cm³/mol. The lowest BCUT2D eigenvalue weighted by molar-refractivity contribution is -0.130. The van der Waals surface area contributed by atoms with Crippen molar-refractivity contribution in [2.24, 2.45) is 11.8 Å². The molecule has 5 nitrogen and oxygen atoms in total. The van der Waals surface area contributed by atoms with Gasteiger partial charge in [0.05, 0.1) is 17.3 Å². The van der Waals surface area contributed by atoms with Crippen LogP contribution in [0.15, 0.2) is 42.6 Å². The van der Waals surface area contributed by atoms with Gasteiger partial charge >= 0.3 is 0 Å². The minimum Gasteiger partial charge on any atom is -0.357 e. The molecule has 170 valence electrons. The van der Waals surface area contributed by atoms with Gasteiger partial charge in [-0.1, -0.05) is 56.7 Å². The molecule has 2 heterocycles. The first-order chi connectivity index (χ1) is 15.7. The van der Waals surface area contributed by atoms with Gasteiger partial charge in [-0.05, 0) is 56.7 Å². The van der Waals surface area contributed by atoms with Crippen LogP contribution in [-0.2, 0) is 10.5 Å². The van der Waals surface area contributed by atoms with Crippen LogP contribution in [0.2, 0.25) is 0 Å². The van der Waals surface area contributed by atoms with Gasteiger partial charge in [0.1, 0.15) is 5.66 Å². The zero-order valence-electron chi connectivity index (χ0n) is 19.2. The molecule has 0 spiro atoms. The number of hydrogen-bond acceptors (Lipinski definition) is 4. The maximum absolute atomic E-state index is 14.1. The summed E-state index contributed by atoms with van der Waals surface area (Å²) in [7, 11) is 0. The molecule has 2 fully saturated rings. The van der Waals surface area contributed by atoms with E-state index < -0.39 is 5.66 Å². The molecule has 0 radical (unpaired) electrons. The summed E-state index contributed by atoms with van der Waals surface area (Å²) in [6.45, 7) is 2.01. The molecule has 3 N–H and O–H groups in total. The van der Waals surface area contributed by atoms with Crippen molar-refractivity contribution in [1.82, 2.24) is 10.3 Å². The monoisotopic (exact) mass is 432 g/mol. The molecule has 1 aromatic heterocycles. The Hall–Kier alpha value is -2.56. The Balaban J connectivity index is 1.55. The molecule has 2 aromatic rings. The lowest BCUT2D eigenvalue weighted by atomic mass is 9.71. The summed E-state index contributed by atoms with van der Waals surface area (Å²) in [6, 6.07) is 12.8. The van der Waals surface area contributed by atoms with E-state index in [0.717, 1.165) is 48.3 Å². The van der Waals surface area contributed by atoms with Gasteiger partial charge in [0.15, 0.2) is 0 Å². The SMILES string of the molecule is Cc1ccc(C2(C(C(=O)NC3CCCCC3)C3CCCCC3)Nc3ccccc3N2)cn1. The van der Waals surface area contributed by atoms with Crippen LogP contribution in [0.4, 0.5) is 11.4 Å². The second kappa shape index (κ2) is 9.13. The maximum atomic E-state index is 14.1. The van der Waals surface area contributed by atoms with Crippen LogP contribution in [0.3, 0.4) is 0 Å². The van der Waals surface area contributed by atoms with Gasteiger partial charge in [0.2, 0.25) is 5.91 Å². The van der Waals surface area contributed by atoms with Crippen molar-refractivity contribution in [3.8, 4) is 0 Å². The number of carbonyl (C=O) groups is 1. The van der Waals surface area contributed by atoms with Crippen LogP contribution in [0.1, 0.15) is 75.5 Å². The average Bonchev–Trinajstić information content (AvgIpc) is 3.21. The molecule has 32 heavy (non-hydrogen) atoms. The number of rotatable bonds is 5. The number of aryl methyl sites for hydroxylation is 1. The largest absolute Gasteiger partial charge is 0.357 e. The van der Waals surface area contributed by atoms with Crippen LogP contribution in [0.5, 0.6) is 0 Å². The van der Waals surface area contributed by atoms with Crippen LogP contribution in [-0.4, -0.2) is 16.9 Å². The number of benzene rings is 1. The zero-order valence-corrected chi connectivity index (χ0v) is 19.2. The second-order valence-electron chi connectivity index (χ2n) is 10.0. The fraction of sp³-hybridized carbons (Fsp3) is 0.556. The van der Waals surface area contributed by atoms with Gasteiger partial charge in [-0.2, -0.15) is 0 Å². The predicted octanol–water partition coefficient (Wildman–Crippen LogP) is 5.73. The van der Waals surface area contributed by atoms with E-state index in [-0.39, 0.29) is 11.8 Å². The lowest BCUT2D eigenvalue weighted by Gasteiger charge is -2.43. The standard InChI is InChI=1S/C27H36N4O/c1-19-16-17-21(18-28-19)27(30-23-14-8-9-15-24(23)31-27)25(20-10-4-2-5-11-20)26(32)29-22-12-6-3-7-13-22/h8-9,14-18,20,22,25,30-31H,2-7,10-13H2,1H3,(H,29,32). The summed E-state index contributed by atoms with van der Waals surface area (Å²) >= 11 is 0. The zero-order chi connectivity index (χ0) is 22.0. The van der Waals surface area contributed by atoms with E-state index in [1.54, 1.807) is 0 Å². The molecule has 5 rings (SSSR count). The molecule has 1 atom stereocenters. The maximum Gasteiger partial charge on any atom is 0.228 e. The number of hydrogen-bond donors (Lipinski definition) is 3. The first-order valence-corrected chi connectivity index (χ1v) is 12.5. The molecule has 0 saturated heterocycles. The molecule has 1 aliphatic heterocycles. The van der Waals surface area contributed by atoms with Crippen molar-refractivity contribution in [3.05, 3.63) is 53.9 Å². The number of anilines is 2. The summed E-state index contributed by atoms with van der Waals surface area (Å²) in [6.07, 6.45) is 13.7. The van der Waals surface area contributed by atoms with E-state index >= 15 is 0 Å². The van der Waals surface area contributed by atoms with E-state index in [2.05, 4.69) is 57.3 Å². The number of nitrogens with zero attached hydrogens (tertiary/aromatic N) is 1.